The highest BCUT2D eigenvalue weighted by atomic mass is 79.9. The van der Waals surface area contributed by atoms with Gasteiger partial charge in [0, 0.05) is 16.6 Å². The van der Waals surface area contributed by atoms with Crippen LogP contribution in [0, 0.1) is 0 Å². The van der Waals surface area contributed by atoms with Gasteiger partial charge in [0.05, 0.1) is 0 Å². The molecule has 1 aliphatic heterocycles. The van der Waals surface area contributed by atoms with Crippen molar-refractivity contribution in [2.24, 2.45) is 0 Å². The van der Waals surface area contributed by atoms with Crippen LogP contribution in [0.25, 0.3) is 0 Å². The average Bonchev–Trinajstić information content (AvgIpc) is 2.31. The third-order valence-electron chi connectivity index (χ3n) is 3.20. The normalized spacial score (nSPS) is 19.6. The van der Waals surface area contributed by atoms with E-state index >= 15 is 0 Å². The summed E-state index contributed by atoms with van der Waals surface area (Å²) in [6, 6.07) is 9.52. The fraction of sp³-hybridized carbons (Fsp3) is 0.538. The number of halogens is 1. The van der Waals surface area contributed by atoms with Gasteiger partial charge in [-0.3, -0.25) is 0 Å². The topological polar surface area (TPSA) is 24.1 Å². The highest BCUT2D eigenvalue weighted by molar-refractivity contribution is 9.10. The second kappa shape index (κ2) is 5.80. The van der Waals surface area contributed by atoms with E-state index in [0.29, 0.717) is 12.1 Å². The van der Waals surface area contributed by atoms with Crippen LogP contribution < -0.4 is 10.6 Å². The number of nitrogens with one attached hydrogen (secondary N) is 2. The lowest BCUT2D eigenvalue weighted by molar-refractivity contribution is 0.359. The summed E-state index contributed by atoms with van der Waals surface area (Å²) in [6.07, 6.45) is 2.46. The molecule has 0 aliphatic carbocycles. The Morgan fingerprint density at radius 3 is 2.69 bits per heavy atom. The van der Waals surface area contributed by atoms with E-state index in [1.807, 2.05) is 0 Å². The third-order valence-corrected chi connectivity index (χ3v) is 3.92. The molecule has 0 spiro atoms. The maximum absolute atomic E-state index is 3.71. The smallest absolute Gasteiger partial charge is 0.0305 e. The Labute approximate surface area is 106 Å². The standard InChI is InChI=1S/C13H19BrN2/c1-10(12-4-2-3-5-13(12)14)16-11-6-8-15-9-7-11/h2-5,10-11,15-16H,6-9H2,1H3. The molecule has 1 saturated heterocycles. The Hall–Kier alpha value is -0.380. The van der Waals surface area contributed by atoms with Crippen molar-refractivity contribution in [2.75, 3.05) is 13.1 Å². The van der Waals surface area contributed by atoms with Crippen LogP contribution in [0.15, 0.2) is 28.7 Å². The quantitative estimate of drug-likeness (QED) is 0.891. The molecule has 2 rings (SSSR count). The van der Waals surface area contributed by atoms with Crippen LogP contribution in [-0.2, 0) is 0 Å². The first kappa shape index (κ1) is 12.1. The minimum Gasteiger partial charge on any atom is -0.317 e. The minimum atomic E-state index is 0.415. The van der Waals surface area contributed by atoms with Crippen molar-refractivity contribution in [1.82, 2.24) is 10.6 Å². The summed E-state index contributed by atoms with van der Waals surface area (Å²) in [6.45, 7) is 4.52. The molecule has 0 saturated carbocycles. The molecule has 1 atom stereocenters. The van der Waals surface area contributed by atoms with Gasteiger partial charge >= 0.3 is 0 Å². The van der Waals surface area contributed by atoms with Crippen molar-refractivity contribution >= 4 is 15.9 Å². The van der Waals surface area contributed by atoms with E-state index in [1.54, 1.807) is 0 Å². The van der Waals surface area contributed by atoms with Crippen molar-refractivity contribution < 1.29 is 0 Å². The van der Waals surface area contributed by atoms with Gasteiger partial charge in [-0.15, -0.1) is 0 Å². The van der Waals surface area contributed by atoms with E-state index in [1.165, 1.54) is 22.9 Å². The molecule has 1 fully saturated rings. The molecule has 0 amide bonds. The van der Waals surface area contributed by atoms with Crippen LogP contribution >= 0.6 is 15.9 Å². The van der Waals surface area contributed by atoms with Crippen LogP contribution in [0.4, 0.5) is 0 Å². The van der Waals surface area contributed by atoms with Gasteiger partial charge in [-0.2, -0.15) is 0 Å². The average molecular weight is 283 g/mol. The molecule has 3 heteroatoms. The molecule has 1 aromatic carbocycles. The Balaban J connectivity index is 1.96. The van der Waals surface area contributed by atoms with E-state index in [0.717, 1.165) is 13.1 Å². The molecule has 88 valence electrons. The first-order valence-corrected chi connectivity index (χ1v) is 6.78. The van der Waals surface area contributed by atoms with E-state index in [9.17, 15) is 0 Å². The minimum absolute atomic E-state index is 0.415. The molecular weight excluding hydrogens is 264 g/mol. The summed E-state index contributed by atoms with van der Waals surface area (Å²) in [7, 11) is 0. The lowest BCUT2D eigenvalue weighted by Gasteiger charge is -2.27. The highest BCUT2D eigenvalue weighted by Crippen LogP contribution is 2.23. The fourth-order valence-corrected chi connectivity index (χ4v) is 2.89. The molecule has 1 unspecified atom stereocenters. The van der Waals surface area contributed by atoms with Crippen LogP contribution in [0.2, 0.25) is 0 Å². The molecule has 0 bridgehead atoms. The maximum Gasteiger partial charge on any atom is 0.0305 e. The zero-order valence-electron chi connectivity index (χ0n) is 9.67. The van der Waals surface area contributed by atoms with Gasteiger partial charge in [0.15, 0.2) is 0 Å². The van der Waals surface area contributed by atoms with E-state index in [4.69, 9.17) is 0 Å². The van der Waals surface area contributed by atoms with Crippen LogP contribution in [0.1, 0.15) is 31.4 Å². The van der Waals surface area contributed by atoms with Crippen molar-refractivity contribution in [3.05, 3.63) is 34.3 Å². The van der Waals surface area contributed by atoms with Gasteiger partial charge in [0.1, 0.15) is 0 Å². The molecule has 16 heavy (non-hydrogen) atoms. The van der Waals surface area contributed by atoms with Gasteiger partial charge in [-0.05, 0) is 44.5 Å². The highest BCUT2D eigenvalue weighted by Gasteiger charge is 2.16. The van der Waals surface area contributed by atoms with Crippen molar-refractivity contribution in [1.29, 1.82) is 0 Å². The summed E-state index contributed by atoms with van der Waals surface area (Å²) < 4.78 is 1.20. The SMILES string of the molecule is CC(NC1CCNCC1)c1ccccc1Br. The molecule has 0 aromatic heterocycles. The van der Waals surface area contributed by atoms with Gasteiger partial charge in [-0.25, -0.2) is 0 Å². The van der Waals surface area contributed by atoms with Crippen molar-refractivity contribution in [2.45, 2.75) is 31.8 Å². The lowest BCUT2D eigenvalue weighted by Crippen LogP contribution is -2.41. The number of benzene rings is 1. The first-order chi connectivity index (χ1) is 7.77. The first-order valence-electron chi connectivity index (χ1n) is 5.98. The summed E-state index contributed by atoms with van der Waals surface area (Å²) >= 11 is 3.61. The van der Waals surface area contributed by atoms with Gasteiger partial charge in [0.2, 0.25) is 0 Å². The third kappa shape index (κ3) is 3.06. The number of piperidine rings is 1. The molecule has 1 aromatic rings. The summed E-state index contributed by atoms with van der Waals surface area (Å²) in [5.74, 6) is 0. The second-order valence-corrected chi connectivity index (χ2v) is 5.29. The number of hydrogen-bond acceptors (Lipinski definition) is 2. The second-order valence-electron chi connectivity index (χ2n) is 4.43. The summed E-state index contributed by atoms with van der Waals surface area (Å²) in [5.41, 5.74) is 1.35. The fourth-order valence-electron chi connectivity index (χ4n) is 2.26. The van der Waals surface area contributed by atoms with Gasteiger partial charge in [0.25, 0.3) is 0 Å². The van der Waals surface area contributed by atoms with E-state index < -0.39 is 0 Å². The summed E-state index contributed by atoms with van der Waals surface area (Å²) in [4.78, 5) is 0. The van der Waals surface area contributed by atoms with Crippen molar-refractivity contribution in [3.63, 3.8) is 0 Å². The Morgan fingerprint density at radius 1 is 1.31 bits per heavy atom. The number of hydrogen-bond donors (Lipinski definition) is 2. The lowest BCUT2D eigenvalue weighted by atomic mass is 10.0. The van der Waals surface area contributed by atoms with Crippen LogP contribution in [0.3, 0.4) is 0 Å². The predicted molar refractivity (Wildman–Crippen MR) is 71.6 cm³/mol. The Bertz CT molecular complexity index is 334. The molecule has 1 aliphatic rings. The van der Waals surface area contributed by atoms with Gasteiger partial charge < -0.3 is 10.6 Å². The molecule has 2 nitrogen and oxygen atoms in total. The number of rotatable bonds is 3. The van der Waals surface area contributed by atoms with E-state index in [-0.39, 0.29) is 0 Å². The predicted octanol–water partition coefficient (Wildman–Crippen LogP) is 2.85. The molecule has 2 N–H and O–H groups in total. The molecular formula is C13H19BrN2. The van der Waals surface area contributed by atoms with Crippen LogP contribution in [0.5, 0.6) is 0 Å². The van der Waals surface area contributed by atoms with Crippen molar-refractivity contribution in [3.8, 4) is 0 Å². The van der Waals surface area contributed by atoms with Crippen LogP contribution in [-0.4, -0.2) is 19.1 Å². The molecule has 0 radical (unpaired) electrons. The maximum atomic E-state index is 3.71. The Morgan fingerprint density at radius 2 is 2.00 bits per heavy atom. The zero-order valence-corrected chi connectivity index (χ0v) is 11.3. The molecule has 1 heterocycles. The largest absolute Gasteiger partial charge is 0.317 e. The zero-order chi connectivity index (χ0) is 11.4. The van der Waals surface area contributed by atoms with Gasteiger partial charge in [-0.1, -0.05) is 34.1 Å². The Kier molecular flexibility index (Phi) is 4.38. The monoisotopic (exact) mass is 282 g/mol. The van der Waals surface area contributed by atoms with E-state index in [2.05, 4.69) is 57.8 Å². The summed E-state index contributed by atoms with van der Waals surface area (Å²) in [5, 5.41) is 7.10.